The van der Waals surface area contributed by atoms with Gasteiger partial charge in [-0.1, -0.05) is 129 Å². The van der Waals surface area contributed by atoms with Crippen LogP contribution >= 0.6 is 104 Å². The summed E-state index contributed by atoms with van der Waals surface area (Å²) in [6.07, 6.45) is 0. The molecule has 0 aliphatic rings. The second-order valence-electron chi connectivity index (χ2n) is 3.92. The lowest BCUT2D eigenvalue weighted by atomic mass is 10.0. The Labute approximate surface area is 162 Å². The van der Waals surface area contributed by atoms with Gasteiger partial charge in [-0.2, -0.15) is 0 Å². The van der Waals surface area contributed by atoms with Crippen molar-refractivity contribution in [3.63, 3.8) is 0 Å². The van der Waals surface area contributed by atoms with Gasteiger partial charge in [-0.25, -0.2) is 0 Å². The third-order valence-electron chi connectivity index (χ3n) is 2.46. The van der Waals surface area contributed by atoms with Crippen molar-refractivity contribution in [2.75, 3.05) is 0 Å². The molecule has 0 heterocycles. The predicted octanol–water partition coefficient (Wildman–Crippen LogP) is 7.22. The van der Waals surface area contributed by atoms with Crippen LogP contribution in [-0.4, -0.2) is 12.5 Å². The Bertz CT molecular complexity index is 470. The van der Waals surface area contributed by atoms with Gasteiger partial charge in [0.2, 0.25) is 8.13 Å². The number of alkyl halides is 9. The lowest BCUT2D eigenvalue weighted by Crippen LogP contribution is -2.54. The van der Waals surface area contributed by atoms with E-state index in [0.717, 1.165) is 5.56 Å². The van der Waals surface area contributed by atoms with Crippen LogP contribution < -0.4 is 0 Å². The van der Waals surface area contributed by atoms with Gasteiger partial charge in [0.15, 0.2) is 8.67 Å². The average Bonchev–Trinajstić information content (AvgIpc) is 2.27. The monoisotopic (exact) mass is 453 g/mol. The van der Waals surface area contributed by atoms with E-state index in [0.29, 0.717) is 5.56 Å². The van der Waals surface area contributed by atoms with Crippen molar-refractivity contribution in [1.29, 1.82) is 0 Å². The van der Waals surface area contributed by atoms with Crippen LogP contribution in [0.15, 0.2) is 24.3 Å². The molecule has 1 radical (unpaired) electrons. The molecule has 1 aromatic carbocycles. The van der Waals surface area contributed by atoms with E-state index in [2.05, 4.69) is 6.92 Å². The van der Waals surface area contributed by atoms with Crippen molar-refractivity contribution in [2.45, 2.75) is 16.8 Å². The fourth-order valence-corrected chi connectivity index (χ4v) is 3.50. The van der Waals surface area contributed by atoms with Crippen molar-refractivity contribution < 1.29 is 0 Å². The summed E-state index contributed by atoms with van der Waals surface area (Å²) < 4.78 is -8.71. The summed E-state index contributed by atoms with van der Waals surface area (Å²) in [5, 5.41) is 0. The zero-order valence-electron chi connectivity index (χ0n) is 9.42. The quantitative estimate of drug-likeness (QED) is 0.421. The molecule has 0 aliphatic heterocycles. The van der Waals surface area contributed by atoms with Crippen molar-refractivity contribution in [2.24, 2.45) is 0 Å². The molecule has 0 atom stereocenters. The Hall–Kier alpha value is 1.83. The van der Waals surface area contributed by atoms with Gasteiger partial charge < -0.3 is 0 Å². The normalized spacial score (nSPS) is 14.5. The number of rotatable bonds is 3. The van der Waals surface area contributed by atoms with Crippen LogP contribution in [-0.2, 0) is 4.33 Å². The first-order chi connectivity index (χ1) is 8.75. The van der Waals surface area contributed by atoms with E-state index in [-0.39, 0.29) is 0 Å². The van der Waals surface area contributed by atoms with Crippen LogP contribution in [0.1, 0.15) is 11.1 Å². The van der Waals surface area contributed by atoms with Gasteiger partial charge in [0.25, 0.3) is 0 Å². The third kappa shape index (κ3) is 3.50. The average molecular weight is 457 g/mol. The maximum atomic E-state index is 6.23. The molecule has 0 bridgehead atoms. The smallest absolute Gasteiger partial charge is 0.0943 e. The summed E-state index contributed by atoms with van der Waals surface area (Å²) in [5.41, 5.74) is 1.05. The molecule has 0 aliphatic carbocycles. The van der Waals surface area contributed by atoms with Gasteiger partial charge in [-0.05, 0) is 18.1 Å². The van der Waals surface area contributed by atoms with Gasteiger partial charge in [0, 0.05) is 0 Å². The number of hydrogen-bond donors (Lipinski definition) is 0. The summed E-state index contributed by atoms with van der Waals surface area (Å²) in [5.74, 6) is 0. The Kier molecular flexibility index (Phi) is 6.34. The van der Waals surface area contributed by atoms with Gasteiger partial charge in [-0.15, -0.1) is 0 Å². The lowest BCUT2D eigenvalue weighted by Gasteiger charge is -2.44. The fourth-order valence-electron chi connectivity index (χ4n) is 1.27. The van der Waals surface area contributed by atoms with E-state index in [1.165, 1.54) is 0 Å². The van der Waals surface area contributed by atoms with Gasteiger partial charge in [0.1, 0.15) is 0 Å². The van der Waals surface area contributed by atoms with E-state index in [9.17, 15) is 0 Å². The molecule has 0 saturated heterocycles. The standard InChI is InChI=1S/C11H6Cl9/c1-6-2-4-7(5-3-6)8(12,13)9(14,15)10(16,17)11(18,19)20/h2-5H,1H2. The van der Waals surface area contributed by atoms with Crippen LogP contribution in [0, 0.1) is 6.92 Å². The Morgan fingerprint density at radius 1 is 0.650 bits per heavy atom. The SMILES string of the molecule is [CH2]c1ccc(C(Cl)(Cl)C(Cl)(Cl)C(Cl)(Cl)C(Cl)(Cl)Cl)cc1. The Morgan fingerprint density at radius 3 is 1.40 bits per heavy atom. The molecular weight excluding hydrogens is 451 g/mol. The molecule has 9 heteroatoms. The molecule has 113 valence electrons. The fraction of sp³-hybridized carbons (Fsp3) is 0.364. The number of benzene rings is 1. The van der Waals surface area contributed by atoms with Gasteiger partial charge in [-0.3, -0.25) is 0 Å². The maximum absolute atomic E-state index is 6.23. The topological polar surface area (TPSA) is 0 Å². The number of halogens is 9. The van der Waals surface area contributed by atoms with Crippen molar-refractivity contribution in [1.82, 2.24) is 0 Å². The molecule has 0 amide bonds. The van der Waals surface area contributed by atoms with Crippen LogP contribution in [0.2, 0.25) is 0 Å². The van der Waals surface area contributed by atoms with E-state index in [1.807, 2.05) is 0 Å². The zero-order chi connectivity index (χ0) is 16.0. The molecule has 0 saturated carbocycles. The Morgan fingerprint density at radius 2 is 1.05 bits per heavy atom. The summed E-state index contributed by atoms with van der Waals surface area (Å²) in [7, 11) is 0. The number of hydrogen-bond acceptors (Lipinski definition) is 0. The molecular formula is C11H6Cl9. The molecule has 0 fully saturated rings. The summed E-state index contributed by atoms with van der Waals surface area (Å²) in [6, 6.07) is 6.42. The summed E-state index contributed by atoms with van der Waals surface area (Å²) >= 11 is 53.8. The lowest BCUT2D eigenvalue weighted by molar-refractivity contribution is 0.600. The minimum absolute atomic E-state index is 0.318. The van der Waals surface area contributed by atoms with Gasteiger partial charge >= 0.3 is 0 Å². The first-order valence-electron chi connectivity index (χ1n) is 4.88. The van der Waals surface area contributed by atoms with Crippen LogP contribution in [0.4, 0.5) is 0 Å². The second-order valence-corrected chi connectivity index (χ2v) is 10.2. The highest BCUT2D eigenvalue weighted by atomic mass is 35.6. The third-order valence-corrected chi connectivity index (χ3v) is 7.94. The molecule has 1 rings (SSSR count). The minimum Gasteiger partial charge on any atom is -0.0943 e. The van der Waals surface area contributed by atoms with Crippen molar-refractivity contribution >= 4 is 104 Å². The molecule has 0 spiro atoms. The van der Waals surface area contributed by atoms with Crippen LogP contribution in [0.3, 0.4) is 0 Å². The molecule has 0 aromatic heterocycles. The minimum atomic E-state index is -2.29. The largest absolute Gasteiger partial charge is 0.226 e. The highest BCUT2D eigenvalue weighted by Gasteiger charge is 2.68. The second kappa shape index (κ2) is 6.38. The molecule has 1 aromatic rings. The highest BCUT2D eigenvalue weighted by Crippen LogP contribution is 2.65. The van der Waals surface area contributed by atoms with Crippen molar-refractivity contribution in [3.05, 3.63) is 42.3 Å². The van der Waals surface area contributed by atoms with E-state index >= 15 is 0 Å². The predicted molar refractivity (Wildman–Crippen MR) is 93.4 cm³/mol. The van der Waals surface area contributed by atoms with E-state index < -0.39 is 16.8 Å². The molecule has 0 nitrogen and oxygen atoms in total. The molecule has 0 N–H and O–H groups in total. The van der Waals surface area contributed by atoms with E-state index in [4.69, 9.17) is 104 Å². The van der Waals surface area contributed by atoms with Crippen LogP contribution in [0.5, 0.6) is 0 Å². The zero-order valence-corrected chi connectivity index (χ0v) is 16.2. The molecule has 0 unspecified atom stereocenters. The van der Waals surface area contributed by atoms with Crippen molar-refractivity contribution in [3.8, 4) is 0 Å². The van der Waals surface area contributed by atoms with Crippen LogP contribution in [0.25, 0.3) is 0 Å². The molecule has 20 heavy (non-hydrogen) atoms. The summed E-state index contributed by atoms with van der Waals surface area (Å²) in [4.78, 5) is 0. The van der Waals surface area contributed by atoms with Gasteiger partial charge in [0.05, 0.1) is 0 Å². The highest BCUT2D eigenvalue weighted by molar-refractivity contribution is 6.80. The maximum Gasteiger partial charge on any atom is 0.226 e. The first-order valence-corrected chi connectivity index (χ1v) is 8.28. The summed E-state index contributed by atoms with van der Waals surface area (Å²) in [6.45, 7) is 3.73. The van der Waals surface area contributed by atoms with E-state index in [1.54, 1.807) is 24.3 Å². The first kappa shape index (κ1) is 19.9. The Balaban J connectivity index is 3.35.